The molecule has 0 aliphatic carbocycles. The van der Waals surface area contributed by atoms with Gasteiger partial charge in [-0.05, 0) is 26.0 Å². The van der Waals surface area contributed by atoms with Gasteiger partial charge in [-0.25, -0.2) is 9.07 Å². The molecule has 5 nitrogen and oxygen atoms in total. The first-order chi connectivity index (χ1) is 8.91. The Hall–Kier alpha value is -2.37. The van der Waals surface area contributed by atoms with E-state index in [0.717, 1.165) is 4.68 Å². The van der Waals surface area contributed by atoms with E-state index >= 15 is 0 Å². The van der Waals surface area contributed by atoms with Crippen LogP contribution in [0.4, 0.5) is 10.1 Å². The van der Waals surface area contributed by atoms with E-state index < -0.39 is 5.82 Å². The second kappa shape index (κ2) is 4.72. The zero-order valence-electron chi connectivity index (χ0n) is 10.7. The molecule has 0 saturated carbocycles. The number of H-pyrrole nitrogens is 1. The average Bonchev–Trinajstić information content (AvgIpc) is 2.37. The van der Waals surface area contributed by atoms with Crippen molar-refractivity contribution in [1.82, 2.24) is 9.78 Å². The summed E-state index contributed by atoms with van der Waals surface area (Å²) in [5.41, 5.74) is 6.08. The average molecular weight is 263 g/mol. The Bertz CT molecular complexity index is 726. The number of hydrogen-bond acceptors (Lipinski definition) is 3. The van der Waals surface area contributed by atoms with Crippen LogP contribution >= 0.6 is 0 Å². The molecule has 100 valence electrons. The number of hydrogen-bond donors (Lipinski definition) is 2. The van der Waals surface area contributed by atoms with Crippen LogP contribution in [0.5, 0.6) is 0 Å². The van der Waals surface area contributed by atoms with Crippen molar-refractivity contribution in [3.63, 3.8) is 0 Å². The molecule has 3 N–H and O–H groups in total. The zero-order chi connectivity index (χ0) is 14.2. The minimum absolute atomic E-state index is 0.103. The lowest BCUT2D eigenvalue weighted by Gasteiger charge is -2.10. The first-order valence-corrected chi connectivity index (χ1v) is 5.75. The predicted octanol–water partition coefficient (Wildman–Crippen LogP) is 0.923. The van der Waals surface area contributed by atoms with E-state index in [4.69, 9.17) is 5.73 Å². The van der Waals surface area contributed by atoms with Crippen LogP contribution in [-0.4, -0.2) is 9.78 Å². The van der Waals surface area contributed by atoms with Gasteiger partial charge in [-0.1, -0.05) is 6.07 Å². The molecule has 0 unspecified atom stereocenters. The Morgan fingerprint density at radius 1 is 1.26 bits per heavy atom. The van der Waals surface area contributed by atoms with Crippen LogP contribution in [0, 0.1) is 19.7 Å². The highest BCUT2D eigenvalue weighted by atomic mass is 19.1. The van der Waals surface area contributed by atoms with Crippen molar-refractivity contribution < 1.29 is 4.39 Å². The van der Waals surface area contributed by atoms with Gasteiger partial charge in [-0.2, -0.15) is 0 Å². The summed E-state index contributed by atoms with van der Waals surface area (Å²) in [6.07, 6.45) is 0. The minimum atomic E-state index is -0.508. The van der Waals surface area contributed by atoms with Crippen molar-refractivity contribution >= 4 is 5.69 Å². The van der Waals surface area contributed by atoms with Crippen LogP contribution in [0.2, 0.25) is 0 Å². The summed E-state index contributed by atoms with van der Waals surface area (Å²) in [7, 11) is 0. The maximum absolute atomic E-state index is 13.7. The van der Waals surface area contributed by atoms with Gasteiger partial charge in [0.05, 0.1) is 6.54 Å². The van der Waals surface area contributed by atoms with Crippen LogP contribution in [0.15, 0.2) is 27.8 Å². The Labute approximate surface area is 108 Å². The highest BCUT2D eigenvalue weighted by molar-refractivity contribution is 5.47. The molecule has 1 heterocycles. The van der Waals surface area contributed by atoms with Gasteiger partial charge < -0.3 is 5.73 Å². The molecule has 0 spiro atoms. The molecule has 0 fully saturated rings. The molecule has 0 aliphatic heterocycles. The number of benzene rings is 1. The number of nitrogens with zero attached hydrogens (tertiary/aromatic N) is 1. The van der Waals surface area contributed by atoms with Gasteiger partial charge in [0.2, 0.25) is 0 Å². The monoisotopic (exact) mass is 263 g/mol. The molecule has 2 aromatic rings. The van der Waals surface area contributed by atoms with Gasteiger partial charge in [0.25, 0.3) is 11.1 Å². The zero-order valence-corrected chi connectivity index (χ0v) is 10.7. The van der Waals surface area contributed by atoms with Gasteiger partial charge in [0.15, 0.2) is 0 Å². The third-order valence-corrected chi connectivity index (χ3v) is 3.18. The first-order valence-electron chi connectivity index (χ1n) is 5.75. The molecule has 19 heavy (non-hydrogen) atoms. The molecule has 0 saturated heterocycles. The molecule has 0 aliphatic rings. The topological polar surface area (TPSA) is 80.9 Å². The highest BCUT2D eigenvalue weighted by Crippen LogP contribution is 2.15. The number of nitrogen functional groups attached to an aromatic ring is 1. The summed E-state index contributed by atoms with van der Waals surface area (Å²) < 4.78 is 14.7. The number of aromatic amines is 1. The van der Waals surface area contributed by atoms with E-state index in [1.807, 2.05) is 0 Å². The van der Waals surface area contributed by atoms with Gasteiger partial charge in [0, 0.05) is 22.4 Å². The van der Waals surface area contributed by atoms with Crippen LogP contribution in [0.25, 0.3) is 0 Å². The standard InChI is InChI=1S/C13H14FN3O2/c1-7-8(2)13(19)17(16-12(7)18)6-9-10(14)4-3-5-11(9)15/h3-5H,6,15H2,1-2H3,(H,16,18). The quantitative estimate of drug-likeness (QED) is 0.791. The van der Waals surface area contributed by atoms with E-state index in [1.54, 1.807) is 19.9 Å². The SMILES string of the molecule is Cc1c(C)c(=O)n(Cc2c(N)cccc2F)[nH]c1=O. The maximum atomic E-state index is 13.7. The molecule has 6 heteroatoms. The second-order valence-corrected chi connectivity index (χ2v) is 4.39. The van der Waals surface area contributed by atoms with Crippen molar-refractivity contribution in [2.24, 2.45) is 0 Å². The lowest BCUT2D eigenvalue weighted by atomic mass is 10.1. The van der Waals surface area contributed by atoms with Crippen LogP contribution < -0.4 is 16.9 Å². The number of rotatable bonds is 2. The van der Waals surface area contributed by atoms with E-state index in [-0.39, 0.29) is 28.9 Å². The van der Waals surface area contributed by atoms with Crippen molar-refractivity contribution in [2.45, 2.75) is 20.4 Å². The number of aromatic nitrogens is 2. The van der Waals surface area contributed by atoms with E-state index in [1.165, 1.54) is 12.1 Å². The van der Waals surface area contributed by atoms with Crippen LogP contribution in [0.3, 0.4) is 0 Å². The Kier molecular flexibility index (Phi) is 3.25. The third kappa shape index (κ3) is 2.29. The summed E-state index contributed by atoms with van der Waals surface area (Å²) in [4.78, 5) is 23.6. The fourth-order valence-corrected chi connectivity index (χ4v) is 1.80. The van der Waals surface area contributed by atoms with Gasteiger partial charge in [-0.3, -0.25) is 14.7 Å². The smallest absolute Gasteiger partial charge is 0.268 e. The fourth-order valence-electron chi connectivity index (χ4n) is 1.80. The fraction of sp³-hybridized carbons (Fsp3) is 0.231. The van der Waals surface area contributed by atoms with Crippen molar-refractivity contribution in [1.29, 1.82) is 0 Å². The molecule has 0 radical (unpaired) electrons. The summed E-state index contributed by atoms with van der Waals surface area (Å²) >= 11 is 0. The number of halogens is 1. The van der Waals surface area contributed by atoms with Crippen LogP contribution in [0.1, 0.15) is 16.7 Å². The van der Waals surface area contributed by atoms with Crippen molar-refractivity contribution in [3.8, 4) is 0 Å². The highest BCUT2D eigenvalue weighted by Gasteiger charge is 2.11. The van der Waals surface area contributed by atoms with E-state index in [2.05, 4.69) is 5.10 Å². The molecule has 0 atom stereocenters. The Balaban J connectivity index is 2.57. The molecular weight excluding hydrogens is 249 g/mol. The van der Waals surface area contributed by atoms with Crippen LogP contribution in [-0.2, 0) is 6.54 Å². The molecule has 0 amide bonds. The van der Waals surface area contributed by atoms with Gasteiger partial charge in [0.1, 0.15) is 5.82 Å². The van der Waals surface area contributed by atoms with Crippen molar-refractivity contribution in [2.75, 3.05) is 5.73 Å². The molecule has 1 aromatic heterocycles. The Morgan fingerprint density at radius 3 is 2.58 bits per heavy atom. The summed E-state index contributed by atoms with van der Waals surface area (Å²) in [5.74, 6) is -0.508. The second-order valence-electron chi connectivity index (χ2n) is 4.39. The third-order valence-electron chi connectivity index (χ3n) is 3.18. The minimum Gasteiger partial charge on any atom is -0.398 e. The number of nitrogens with one attached hydrogen (secondary N) is 1. The molecule has 2 rings (SSSR count). The predicted molar refractivity (Wildman–Crippen MR) is 70.7 cm³/mol. The Morgan fingerprint density at radius 2 is 1.95 bits per heavy atom. The van der Waals surface area contributed by atoms with E-state index in [0.29, 0.717) is 11.1 Å². The van der Waals surface area contributed by atoms with Gasteiger partial charge >= 0.3 is 0 Å². The number of anilines is 1. The molecular formula is C13H14FN3O2. The molecule has 0 bridgehead atoms. The lowest BCUT2D eigenvalue weighted by Crippen LogP contribution is -2.33. The largest absolute Gasteiger partial charge is 0.398 e. The maximum Gasteiger partial charge on any atom is 0.268 e. The normalized spacial score (nSPS) is 10.7. The summed E-state index contributed by atoms with van der Waals surface area (Å²) in [5, 5.41) is 2.41. The summed E-state index contributed by atoms with van der Waals surface area (Å²) in [6, 6.07) is 4.29. The lowest BCUT2D eigenvalue weighted by molar-refractivity contribution is 0.566. The molecule has 1 aromatic carbocycles. The van der Waals surface area contributed by atoms with Crippen molar-refractivity contribution in [3.05, 3.63) is 61.4 Å². The van der Waals surface area contributed by atoms with Gasteiger partial charge in [-0.15, -0.1) is 0 Å². The first kappa shape index (κ1) is 13.1. The number of nitrogens with two attached hydrogens (primary N) is 1. The summed E-state index contributed by atoms with van der Waals surface area (Å²) in [6.45, 7) is 3.03. The van der Waals surface area contributed by atoms with E-state index in [9.17, 15) is 14.0 Å².